The zero-order valence-corrected chi connectivity index (χ0v) is 13.5. The summed E-state index contributed by atoms with van der Waals surface area (Å²) >= 11 is 12.2. The molecule has 1 aliphatic heterocycles. The van der Waals surface area contributed by atoms with E-state index in [1.54, 1.807) is 0 Å². The van der Waals surface area contributed by atoms with Crippen molar-refractivity contribution in [2.75, 3.05) is 13.2 Å². The molecule has 1 saturated heterocycles. The molecule has 2 atom stereocenters. The molecule has 4 heteroatoms. The lowest BCUT2D eigenvalue weighted by Crippen LogP contribution is -2.35. The number of nitrogens with one attached hydrogen (secondary N) is 1. The van der Waals surface area contributed by atoms with Crippen LogP contribution < -0.4 is 5.32 Å². The van der Waals surface area contributed by atoms with Crippen molar-refractivity contribution in [1.29, 1.82) is 0 Å². The van der Waals surface area contributed by atoms with Crippen molar-refractivity contribution in [3.8, 4) is 0 Å². The molecule has 1 aliphatic rings. The first kappa shape index (κ1) is 16.1. The molecule has 0 spiro atoms. The fraction of sp³-hybridized carbons (Fsp3) is 0.625. The van der Waals surface area contributed by atoms with Crippen molar-refractivity contribution in [3.05, 3.63) is 33.8 Å². The van der Waals surface area contributed by atoms with Crippen LogP contribution in [0.3, 0.4) is 0 Å². The molecule has 0 radical (unpaired) electrons. The lowest BCUT2D eigenvalue weighted by atomic mass is 9.99. The van der Waals surface area contributed by atoms with Crippen molar-refractivity contribution in [3.63, 3.8) is 0 Å². The Bertz CT molecular complexity index is 419. The van der Waals surface area contributed by atoms with Crippen molar-refractivity contribution < 1.29 is 4.74 Å². The number of hydrogen-bond donors (Lipinski definition) is 1. The van der Waals surface area contributed by atoms with E-state index in [1.807, 2.05) is 18.2 Å². The molecule has 2 nitrogen and oxygen atoms in total. The van der Waals surface area contributed by atoms with Gasteiger partial charge in [0.05, 0.1) is 6.10 Å². The topological polar surface area (TPSA) is 21.3 Å². The van der Waals surface area contributed by atoms with Gasteiger partial charge in [-0.15, -0.1) is 0 Å². The molecule has 1 aromatic carbocycles. The first-order chi connectivity index (χ1) is 9.69. The molecule has 0 saturated carbocycles. The Morgan fingerprint density at radius 2 is 2.25 bits per heavy atom. The normalized spacial score (nSPS) is 20.2. The predicted molar refractivity (Wildman–Crippen MR) is 85.8 cm³/mol. The van der Waals surface area contributed by atoms with E-state index in [9.17, 15) is 0 Å². The Balaban J connectivity index is 1.97. The molecule has 1 N–H and O–H groups in total. The van der Waals surface area contributed by atoms with E-state index >= 15 is 0 Å². The van der Waals surface area contributed by atoms with Gasteiger partial charge in [0.25, 0.3) is 0 Å². The summed E-state index contributed by atoms with van der Waals surface area (Å²) in [5.41, 5.74) is 1.16. The highest BCUT2D eigenvalue weighted by Crippen LogP contribution is 2.24. The largest absolute Gasteiger partial charge is 0.378 e. The van der Waals surface area contributed by atoms with Gasteiger partial charge in [-0.2, -0.15) is 0 Å². The fourth-order valence-electron chi connectivity index (χ4n) is 2.69. The summed E-state index contributed by atoms with van der Waals surface area (Å²) in [6.45, 7) is 4.13. The van der Waals surface area contributed by atoms with Crippen LogP contribution in [0.5, 0.6) is 0 Å². The summed E-state index contributed by atoms with van der Waals surface area (Å²) in [5.74, 6) is 0. The molecular weight excluding hydrogens is 293 g/mol. The van der Waals surface area contributed by atoms with Gasteiger partial charge in [0.15, 0.2) is 0 Å². The summed E-state index contributed by atoms with van der Waals surface area (Å²) < 4.78 is 5.76. The van der Waals surface area contributed by atoms with Crippen LogP contribution in [0.1, 0.15) is 38.2 Å². The second kappa shape index (κ2) is 8.23. The van der Waals surface area contributed by atoms with Gasteiger partial charge in [-0.05, 0) is 56.3 Å². The lowest BCUT2D eigenvalue weighted by Gasteiger charge is -2.22. The minimum absolute atomic E-state index is 0.399. The number of hydrogen-bond acceptors (Lipinski definition) is 2. The molecular formula is C16H23Cl2NO. The molecule has 1 aromatic rings. The summed E-state index contributed by atoms with van der Waals surface area (Å²) in [6.07, 6.45) is 5.88. The van der Waals surface area contributed by atoms with E-state index in [0.717, 1.165) is 43.0 Å². The van der Waals surface area contributed by atoms with Crippen molar-refractivity contribution in [2.45, 2.75) is 51.2 Å². The van der Waals surface area contributed by atoms with Crippen LogP contribution in [-0.2, 0) is 11.2 Å². The van der Waals surface area contributed by atoms with E-state index in [-0.39, 0.29) is 0 Å². The average molecular weight is 316 g/mol. The Kier molecular flexibility index (Phi) is 6.63. The molecule has 1 heterocycles. The van der Waals surface area contributed by atoms with Crippen LogP contribution >= 0.6 is 23.2 Å². The maximum atomic E-state index is 6.28. The number of rotatable bonds is 7. The van der Waals surface area contributed by atoms with Crippen LogP contribution in [0.25, 0.3) is 0 Å². The first-order valence-electron chi connectivity index (χ1n) is 7.48. The number of ether oxygens (including phenoxy) is 1. The zero-order chi connectivity index (χ0) is 14.4. The van der Waals surface area contributed by atoms with Crippen LogP contribution in [0.2, 0.25) is 10.0 Å². The van der Waals surface area contributed by atoms with Crippen LogP contribution in [0, 0.1) is 0 Å². The third-order valence-electron chi connectivity index (χ3n) is 3.74. The summed E-state index contributed by atoms with van der Waals surface area (Å²) in [7, 11) is 0. The highest BCUT2D eigenvalue weighted by atomic mass is 35.5. The molecule has 0 bridgehead atoms. The quantitative estimate of drug-likeness (QED) is 0.801. The van der Waals surface area contributed by atoms with E-state index in [1.165, 1.54) is 12.8 Å². The predicted octanol–water partition coefficient (Wildman–Crippen LogP) is 4.47. The highest BCUT2D eigenvalue weighted by Gasteiger charge is 2.21. The summed E-state index contributed by atoms with van der Waals surface area (Å²) in [4.78, 5) is 0. The van der Waals surface area contributed by atoms with Gasteiger partial charge >= 0.3 is 0 Å². The Morgan fingerprint density at radius 3 is 2.90 bits per heavy atom. The lowest BCUT2D eigenvalue weighted by molar-refractivity contribution is 0.0946. The standard InChI is InChI=1S/C16H23Cl2NO/c1-2-7-19-14(11-15-4-3-8-20-15)9-12-5-6-13(17)10-16(12)18/h5-6,10,14-15,19H,2-4,7-9,11H2,1H3. The smallest absolute Gasteiger partial charge is 0.0590 e. The molecule has 0 amide bonds. The van der Waals surface area contributed by atoms with E-state index in [4.69, 9.17) is 27.9 Å². The molecule has 2 unspecified atom stereocenters. The van der Waals surface area contributed by atoms with Crippen molar-refractivity contribution in [2.24, 2.45) is 0 Å². The maximum Gasteiger partial charge on any atom is 0.0590 e. The Labute approximate surface area is 131 Å². The van der Waals surface area contributed by atoms with Gasteiger partial charge < -0.3 is 10.1 Å². The van der Waals surface area contributed by atoms with Crippen LogP contribution in [-0.4, -0.2) is 25.3 Å². The Morgan fingerprint density at radius 1 is 1.40 bits per heavy atom. The molecule has 2 rings (SSSR count). The SMILES string of the molecule is CCCNC(Cc1ccc(Cl)cc1Cl)CC1CCCO1. The third-order valence-corrected chi connectivity index (χ3v) is 4.32. The van der Waals surface area contributed by atoms with Crippen LogP contribution in [0.15, 0.2) is 18.2 Å². The zero-order valence-electron chi connectivity index (χ0n) is 12.0. The van der Waals surface area contributed by atoms with Gasteiger partial charge in [0.1, 0.15) is 0 Å². The van der Waals surface area contributed by atoms with E-state index < -0.39 is 0 Å². The van der Waals surface area contributed by atoms with Crippen LogP contribution in [0.4, 0.5) is 0 Å². The summed E-state index contributed by atoms with van der Waals surface area (Å²) in [5, 5.41) is 5.06. The first-order valence-corrected chi connectivity index (χ1v) is 8.23. The molecule has 0 aromatic heterocycles. The fourth-order valence-corrected chi connectivity index (χ4v) is 3.17. The monoisotopic (exact) mass is 315 g/mol. The maximum absolute atomic E-state index is 6.28. The second-order valence-corrected chi connectivity index (χ2v) is 6.31. The van der Waals surface area contributed by atoms with Gasteiger partial charge in [-0.25, -0.2) is 0 Å². The van der Waals surface area contributed by atoms with E-state index in [0.29, 0.717) is 17.2 Å². The Hall–Kier alpha value is -0.280. The number of benzene rings is 1. The molecule has 112 valence electrons. The second-order valence-electron chi connectivity index (χ2n) is 5.46. The van der Waals surface area contributed by atoms with E-state index in [2.05, 4.69) is 12.2 Å². The highest BCUT2D eigenvalue weighted by molar-refractivity contribution is 6.35. The minimum Gasteiger partial charge on any atom is -0.378 e. The summed E-state index contributed by atoms with van der Waals surface area (Å²) in [6, 6.07) is 6.17. The van der Waals surface area contributed by atoms with Gasteiger partial charge in [-0.3, -0.25) is 0 Å². The molecule has 1 fully saturated rings. The van der Waals surface area contributed by atoms with Gasteiger partial charge in [0, 0.05) is 22.7 Å². The van der Waals surface area contributed by atoms with Crippen molar-refractivity contribution >= 4 is 23.2 Å². The molecule has 0 aliphatic carbocycles. The minimum atomic E-state index is 0.399. The average Bonchev–Trinajstić information content (AvgIpc) is 2.92. The number of halogens is 2. The van der Waals surface area contributed by atoms with Crippen molar-refractivity contribution in [1.82, 2.24) is 5.32 Å². The van der Waals surface area contributed by atoms with Gasteiger partial charge in [0.2, 0.25) is 0 Å². The molecule has 20 heavy (non-hydrogen) atoms. The third kappa shape index (κ3) is 4.92. The van der Waals surface area contributed by atoms with Gasteiger partial charge in [-0.1, -0.05) is 36.2 Å².